The molecule has 0 radical (unpaired) electrons. The predicted molar refractivity (Wildman–Crippen MR) is 118 cm³/mol. The number of methoxy groups -OCH3 is 1. The van der Waals surface area contributed by atoms with Crippen LogP contribution in [-0.4, -0.2) is 29.1 Å². The molecule has 1 aromatic heterocycles. The van der Waals surface area contributed by atoms with E-state index in [1.165, 1.54) is 12.1 Å². The third-order valence-corrected chi connectivity index (χ3v) is 5.83. The Morgan fingerprint density at radius 1 is 1.03 bits per heavy atom. The average molecular weight is 415 g/mol. The summed E-state index contributed by atoms with van der Waals surface area (Å²) >= 11 is 0. The maximum absolute atomic E-state index is 13.3. The monoisotopic (exact) mass is 415 g/mol. The zero-order valence-corrected chi connectivity index (χ0v) is 17.2. The molecule has 156 valence electrons. The first-order valence-corrected chi connectivity index (χ1v) is 10.3. The van der Waals surface area contributed by atoms with E-state index in [9.17, 15) is 9.18 Å². The Morgan fingerprint density at radius 2 is 1.77 bits per heavy atom. The summed E-state index contributed by atoms with van der Waals surface area (Å²) in [5, 5.41) is 0. The number of carbonyl (C=O) groups is 1. The molecule has 1 fully saturated rings. The Labute approximate surface area is 179 Å². The first-order chi connectivity index (χ1) is 15.1. The number of para-hydroxylation sites is 3. The molecule has 0 spiro atoms. The second-order valence-corrected chi connectivity index (χ2v) is 7.74. The van der Waals surface area contributed by atoms with Crippen LogP contribution >= 0.6 is 0 Å². The van der Waals surface area contributed by atoms with Crippen LogP contribution in [0.3, 0.4) is 0 Å². The van der Waals surface area contributed by atoms with Gasteiger partial charge in [-0.05, 0) is 42.5 Å². The van der Waals surface area contributed by atoms with Gasteiger partial charge >= 0.3 is 0 Å². The van der Waals surface area contributed by atoms with Gasteiger partial charge in [0.15, 0.2) is 0 Å². The number of carbonyl (C=O) groups excluding carboxylic acids is 1. The molecule has 0 aliphatic carbocycles. The van der Waals surface area contributed by atoms with Crippen LogP contribution in [0.2, 0.25) is 0 Å². The second kappa shape index (κ2) is 7.87. The fourth-order valence-corrected chi connectivity index (χ4v) is 4.33. The highest BCUT2D eigenvalue weighted by Crippen LogP contribution is 2.34. The number of hydrogen-bond acceptors (Lipinski definition) is 3. The van der Waals surface area contributed by atoms with Gasteiger partial charge in [0.25, 0.3) is 0 Å². The van der Waals surface area contributed by atoms with Crippen LogP contribution in [0.5, 0.6) is 5.75 Å². The van der Waals surface area contributed by atoms with Gasteiger partial charge in [0.2, 0.25) is 5.91 Å². The number of imidazole rings is 1. The van der Waals surface area contributed by atoms with Gasteiger partial charge in [0.1, 0.15) is 17.4 Å². The number of rotatable bonds is 5. The second-order valence-electron chi connectivity index (χ2n) is 7.74. The highest BCUT2D eigenvalue weighted by atomic mass is 19.1. The van der Waals surface area contributed by atoms with Crippen molar-refractivity contribution in [3.63, 3.8) is 0 Å². The van der Waals surface area contributed by atoms with Crippen molar-refractivity contribution in [1.29, 1.82) is 0 Å². The lowest BCUT2D eigenvalue weighted by atomic mass is 10.1. The highest BCUT2D eigenvalue weighted by molar-refractivity contribution is 5.96. The SMILES string of the molecule is COc1ccccc1Cn1c(C2CC(=O)N(c3ccc(F)cc3)C2)nc2ccccc21. The molecule has 4 aromatic rings. The molecular weight excluding hydrogens is 393 g/mol. The van der Waals surface area contributed by atoms with Crippen molar-refractivity contribution < 1.29 is 13.9 Å². The lowest BCUT2D eigenvalue weighted by Crippen LogP contribution is -2.24. The van der Waals surface area contributed by atoms with Crippen molar-refractivity contribution in [3.05, 3.63) is 90.0 Å². The molecule has 1 atom stereocenters. The van der Waals surface area contributed by atoms with E-state index in [1.807, 2.05) is 42.5 Å². The van der Waals surface area contributed by atoms with Gasteiger partial charge in [-0.25, -0.2) is 9.37 Å². The number of halogens is 1. The maximum atomic E-state index is 13.3. The van der Waals surface area contributed by atoms with Crippen molar-refractivity contribution in [3.8, 4) is 5.75 Å². The number of anilines is 1. The van der Waals surface area contributed by atoms with Crippen molar-refractivity contribution in [2.75, 3.05) is 18.6 Å². The lowest BCUT2D eigenvalue weighted by Gasteiger charge is -2.18. The van der Waals surface area contributed by atoms with E-state index < -0.39 is 0 Å². The quantitative estimate of drug-likeness (QED) is 0.473. The van der Waals surface area contributed by atoms with Crippen molar-refractivity contribution in [2.45, 2.75) is 18.9 Å². The Kier molecular flexibility index (Phi) is 4.90. The van der Waals surface area contributed by atoms with Crippen molar-refractivity contribution in [2.24, 2.45) is 0 Å². The summed E-state index contributed by atoms with van der Waals surface area (Å²) in [7, 11) is 1.67. The summed E-state index contributed by atoms with van der Waals surface area (Å²) in [5.41, 5.74) is 3.69. The molecule has 2 heterocycles. The van der Waals surface area contributed by atoms with Gasteiger partial charge in [0.05, 0.1) is 24.7 Å². The van der Waals surface area contributed by atoms with Crippen LogP contribution in [0.15, 0.2) is 72.8 Å². The van der Waals surface area contributed by atoms with E-state index in [2.05, 4.69) is 10.6 Å². The largest absolute Gasteiger partial charge is 0.496 e. The van der Waals surface area contributed by atoms with Crippen LogP contribution in [-0.2, 0) is 11.3 Å². The van der Waals surface area contributed by atoms with E-state index in [-0.39, 0.29) is 17.6 Å². The number of amides is 1. The molecule has 0 saturated carbocycles. The van der Waals surface area contributed by atoms with Crippen LogP contribution in [0.4, 0.5) is 10.1 Å². The third-order valence-electron chi connectivity index (χ3n) is 5.83. The zero-order chi connectivity index (χ0) is 21.4. The smallest absolute Gasteiger partial charge is 0.227 e. The summed E-state index contributed by atoms with van der Waals surface area (Å²) < 4.78 is 21.1. The lowest BCUT2D eigenvalue weighted by molar-refractivity contribution is -0.117. The van der Waals surface area contributed by atoms with E-state index in [0.29, 0.717) is 25.2 Å². The van der Waals surface area contributed by atoms with Gasteiger partial charge in [-0.2, -0.15) is 0 Å². The summed E-state index contributed by atoms with van der Waals surface area (Å²) in [6.45, 7) is 1.11. The Morgan fingerprint density at radius 3 is 2.58 bits per heavy atom. The summed E-state index contributed by atoms with van der Waals surface area (Å²) in [4.78, 5) is 19.4. The normalized spacial score (nSPS) is 16.3. The molecule has 0 bridgehead atoms. The Hall–Kier alpha value is -3.67. The molecular formula is C25H22FN3O2. The molecule has 1 aliphatic rings. The van der Waals surface area contributed by atoms with E-state index in [4.69, 9.17) is 9.72 Å². The van der Waals surface area contributed by atoms with E-state index in [0.717, 1.165) is 28.2 Å². The topological polar surface area (TPSA) is 47.4 Å². The number of aromatic nitrogens is 2. The molecule has 1 aliphatic heterocycles. The summed E-state index contributed by atoms with van der Waals surface area (Å²) in [5.74, 6) is 1.35. The van der Waals surface area contributed by atoms with E-state index >= 15 is 0 Å². The summed E-state index contributed by atoms with van der Waals surface area (Å²) in [6, 6.07) is 22.0. The average Bonchev–Trinajstić information content (AvgIpc) is 3.35. The maximum Gasteiger partial charge on any atom is 0.227 e. The predicted octanol–water partition coefficient (Wildman–Crippen LogP) is 4.75. The fraction of sp³-hybridized carbons (Fsp3) is 0.200. The first kappa shape index (κ1) is 19.3. The van der Waals surface area contributed by atoms with Gasteiger partial charge in [-0.1, -0.05) is 30.3 Å². The molecule has 1 unspecified atom stereocenters. The zero-order valence-electron chi connectivity index (χ0n) is 17.2. The van der Waals surface area contributed by atoms with Crippen LogP contribution in [0.1, 0.15) is 23.7 Å². The molecule has 5 nitrogen and oxygen atoms in total. The molecule has 1 saturated heterocycles. The molecule has 6 heteroatoms. The first-order valence-electron chi connectivity index (χ1n) is 10.3. The minimum Gasteiger partial charge on any atom is -0.496 e. The van der Waals surface area contributed by atoms with Crippen LogP contribution < -0.4 is 9.64 Å². The van der Waals surface area contributed by atoms with Gasteiger partial charge in [-0.3, -0.25) is 4.79 Å². The van der Waals surface area contributed by atoms with Gasteiger partial charge < -0.3 is 14.2 Å². The fourth-order valence-electron chi connectivity index (χ4n) is 4.33. The number of hydrogen-bond donors (Lipinski definition) is 0. The van der Waals surface area contributed by atoms with Crippen LogP contribution in [0, 0.1) is 5.82 Å². The van der Waals surface area contributed by atoms with Gasteiger partial charge in [0, 0.05) is 30.1 Å². The van der Waals surface area contributed by atoms with Crippen LogP contribution in [0.25, 0.3) is 11.0 Å². The number of fused-ring (bicyclic) bond motifs is 1. The molecule has 31 heavy (non-hydrogen) atoms. The Balaban J connectivity index is 1.53. The minimum absolute atomic E-state index is 0.0208. The molecule has 1 amide bonds. The Bertz CT molecular complexity index is 1250. The van der Waals surface area contributed by atoms with Crippen molar-refractivity contribution in [1.82, 2.24) is 9.55 Å². The molecule has 5 rings (SSSR count). The number of ether oxygens (including phenoxy) is 1. The minimum atomic E-state index is -0.314. The number of nitrogens with zero attached hydrogens (tertiary/aromatic N) is 3. The summed E-state index contributed by atoms with van der Waals surface area (Å²) in [6.07, 6.45) is 0.368. The third kappa shape index (κ3) is 3.54. The van der Waals surface area contributed by atoms with Crippen molar-refractivity contribution >= 4 is 22.6 Å². The highest BCUT2D eigenvalue weighted by Gasteiger charge is 2.35. The standard InChI is InChI=1S/C25H22FN3O2/c1-31-23-9-5-2-6-17(23)15-29-22-8-4-3-7-21(22)27-25(29)18-14-24(30)28(16-18)20-12-10-19(26)11-13-20/h2-13,18H,14-16H2,1H3. The number of benzene rings is 3. The van der Waals surface area contributed by atoms with Gasteiger partial charge in [-0.15, -0.1) is 0 Å². The molecule has 0 N–H and O–H groups in total. The van der Waals surface area contributed by atoms with E-state index in [1.54, 1.807) is 24.1 Å². The molecule has 3 aromatic carbocycles.